The minimum absolute atomic E-state index is 0.110. The summed E-state index contributed by atoms with van der Waals surface area (Å²) in [7, 11) is 0. The summed E-state index contributed by atoms with van der Waals surface area (Å²) in [4.78, 5) is 16.6. The molecule has 1 aromatic heterocycles. The van der Waals surface area contributed by atoms with Gasteiger partial charge in [0.15, 0.2) is 11.5 Å². The van der Waals surface area contributed by atoms with Crippen molar-refractivity contribution in [2.24, 2.45) is 0 Å². The number of benzene rings is 2. The van der Waals surface area contributed by atoms with Crippen LogP contribution in [0.25, 0.3) is 0 Å². The van der Waals surface area contributed by atoms with E-state index in [0.29, 0.717) is 41.7 Å². The lowest BCUT2D eigenvalue weighted by Gasteiger charge is -2.19. The first kappa shape index (κ1) is 17.8. The lowest BCUT2D eigenvalue weighted by Crippen LogP contribution is -2.23. The zero-order valence-electron chi connectivity index (χ0n) is 14.9. The Morgan fingerprint density at radius 2 is 1.86 bits per heavy atom. The number of ether oxygens (including phenoxy) is 2. The molecule has 1 aliphatic rings. The molecule has 2 N–H and O–H groups in total. The topological polar surface area (TPSA) is 72.5 Å². The third-order valence-electron chi connectivity index (χ3n) is 4.23. The molecule has 1 amide bonds. The number of carbonyl (C=O) groups is 1. The van der Waals surface area contributed by atoms with E-state index in [2.05, 4.69) is 15.6 Å². The number of aromatic nitrogens is 1. The molecule has 0 saturated carbocycles. The molecule has 3 aromatic rings. The van der Waals surface area contributed by atoms with Gasteiger partial charge in [-0.2, -0.15) is 0 Å². The van der Waals surface area contributed by atoms with Crippen molar-refractivity contribution in [1.29, 1.82) is 0 Å². The third kappa shape index (κ3) is 4.03. The summed E-state index contributed by atoms with van der Waals surface area (Å²) in [6, 6.07) is 15.1. The number of rotatable bonds is 5. The van der Waals surface area contributed by atoms with Crippen molar-refractivity contribution in [2.75, 3.05) is 18.5 Å². The number of hydrogen-bond donors (Lipinski definition) is 2. The van der Waals surface area contributed by atoms with Gasteiger partial charge in [0, 0.05) is 35.6 Å². The van der Waals surface area contributed by atoms with Gasteiger partial charge in [-0.3, -0.25) is 4.79 Å². The summed E-state index contributed by atoms with van der Waals surface area (Å²) in [5.74, 6) is 1.21. The molecule has 7 heteroatoms. The number of anilines is 2. The summed E-state index contributed by atoms with van der Waals surface area (Å²) in [5, 5.41) is 5.86. The molecule has 2 heterocycles. The van der Waals surface area contributed by atoms with Crippen molar-refractivity contribution >= 4 is 17.4 Å². The largest absolute Gasteiger partial charge is 0.486 e. The molecule has 28 heavy (non-hydrogen) atoms. The highest BCUT2D eigenvalue weighted by Crippen LogP contribution is 2.33. The quantitative estimate of drug-likeness (QED) is 0.708. The van der Waals surface area contributed by atoms with Crippen LogP contribution in [-0.4, -0.2) is 24.1 Å². The van der Waals surface area contributed by atoms with Crippen LogP contribution < -0.4 is 20.1 Å². The van der Waals surface area contributed by atoms with Crippen LogP contribution in [0.3, 0.4) is 0 Å². The Kier molecular flexibility index (Phi) is 5.05. The van der Waals surface area contributed by atoms with Crippen LogP contribution in [0.15, 0.2) is 60.8 Å². The van der Waals surface area contributed by atoms with E-state index in [4.69, 9.17) is 9.47 Å². The number of pyridine rings is 1. The van der Waals surface area contributed by atoms with Crippen LogP contribution in [0, 0.1) is 5.82 Å². The average molecular weight is 379 g/mol. The predicted molar refractivity (Wildman–Crippen MR) is 103 cm³/mol. The van der Waals surface area contributed by atoms with Crippen molar-refractivity contribution in [3.63, 3.8) is 0 Å². The van der Waals surface area contributed by atoms with E-state index in [1.807, 2.05) is 18.2 Å². The molecule has 6 nitrogen and oxygen atoms in total. The summed E-state index contributed by atoms with van der Waals surface area (Å²) in [5.41, 5.74) is 1.62. The van der Waals surface area contributed by atoms with Gasteiger partial charge in [-0.15, -0.1) is 0 Å². The Bertz CT molecular complexity index is 1010. The Labute approximate surface area is 161 Å². The van der Waals surface area contributed by atoms with Gasteiger partial charge >= 0.3 is 0 Å². The highest BCUT2D eigenvalue weighted by molar-refractivity contribution is 5.94. The van der Waals surface area contributed by atoms with E-state index in [1.54, 1.807) is 36.5 Å². The highest BCUT2D eigenvalue weighted by Gasteiger charge is 2.13. The molecule has 0 aliphatic carbocycles. The van der Waals surface area contributed by atoms with E-state index >= 15 is 0 Å². The van der Waals surface area contributed by atoms with E-state index in [0.717, 1.165) is 5.69 Å². The number of nitrogens with zero attached hydrogens (tertiary/aromatic N) is 1. The Morgan fingerprint density at radius 1 is 1.04 bits per heavy atom. The molecule has 1 aliphatic heterocycles. The predicted octanol–water partition coefficient (Wildman–Crippen LogP) is 3.67. The van der Waals surface area contributed by atoms with Gasteiger partial charge in [0.2, 0.25) is 0 Å². The van der Waals surface area contributed by atoms with E-state index in [9.17, 15) is 9.18 Å². The van der Waals surface area contributed by atoms with Gasteiger partial charge < -0.3 is 20.1 Å². The number of fused-ring (bicyclic) bond motifs is 1. The standard InChI is InChI=1S/C21H18FN3O3/c22-17-4-2-1-3-15(17)13-24-21(26)14-7-8-23-20(11-14)25-16-5-6-18-19(12-16)28-10-9-27-18/h1-8,11-12H,9-10,13H2,(H,23,25)(H,24,26). The highest BCUT2D eigenvalue weighted by atomic mass is 19.1. The van der Waals surface area contributed by atoms with Crippen molar-refractivity contribution in [1.82, 2.24) is 10.3 Å². The van der Waals surface area contributed by atoms with E-state index in [-0.39, 0.29) is 18.3 Å². The molecule has 142 valence electrons. The second-order valence-corrected chi connectivity index (χ2v) is 6.19. The molecule has 0 unspecified atom stereocenters. The van der Waals surface area contributed by atoms with Gasteiger partial charge in [0.25, 0.3) is 5.91 Å². The molecule has 4 rings (SSSR count). The Morgan fingerprint density at radius 3 is 2.71 bits per heavy atom. The van der Waals surface area contributed by atoms with Crippen LogP contribution in [0.2, 0.25) is 0 Å². The lowest BCUT2D eigenvalue weighted by atomic mass is 10.2. The molecule has 2 aromatic carbocycles. The molecule has 0 atom stereocenters. The van der Waals surface area contributed by atoms with Gasteiger partial charge in [-0.05, 0) is 30.3 Å². The van der Waals surface area contributed by atoms with Crippen molar-refractivity contribution in [3.05, 3.63) is 77.7 Å². The summed E-state index contributed by atoms with van der Waals surface area (Å²) < 4.78 is 24.7. The minimum atomic E-state index is -0.349. The zero-order valence-corrected chi connectivity index (χ0v) is 14.9. The fourth-order valence-corrected chi connectivity index (χ4v) is 2.83. The maximum absolute atomic E-state index is 13.7. The first-order valence-electron chi connectivity index (χ1n) is 8.83. The van der Waals surface area contributed by atoms with Crippen LogP contribution in [0.1, 0.15) is 15.9 Å². The molecular weight excluding hydrogens is 361 g/mol. The molecule has 0 fully saturated rings. The molecule has 0 spiro atoms. The van der Waals surface area contributed by atoms with Crippen molar-refractivity contribution < 1.29 is 18.7 Å². The van der Waals surface area contributed by atoms with Gasteiger partial charge in [-0.1, -0.05) is 18.2 Å². The molecule has 0 bridgehead atoms. The Balaban J connectivity index is 1.44. The fourth-order valence-electron chi connectivity index (χ4n) is 2.83. The fraction of sp³-hybridized carbons (Fsp3) is 0.143. The Hall–Kier alpha value is -3.61. The van der Waals surface area contributed by atoms with Gasteiger partial charge in [0.1, 0.15) is 24.8 Å². The third-order valence-corrected chi connectivity index (χ3v) is 4.23. The molecular formula is C21H18FN3O3. The number of carbonyl (C=O) groups excluding carboxylic acids is 1. The van der Waals surface area contributed by atoms with Crippen LogP contribution in [-0.2, 0) is 6.54 Å². The summed E-state index contributed by atoms with van der Waals surface area (Å²) >= 11 is 0. The monoisotopic (exact) mass is 379 g/mol. The SMILES string of the molecule is O=C(NCc1ccccc1F)c1ccnc(Nc2ccc3c(c2)OCCO3)c1. The lowest BCUT2D eigenvalue weighted by molar-refractivity contribution is 0.0950. The van der Waals surface area contributed by atoms with Crippen LogP contribution in [0.4, 0.5) is 15.9 Å². The number of halogens is 1. The average Bonchev–Trinajstić information content (AvgIpc) is 2.73. The first-order chi connectivity index (χ1) is 13.7. The van der Waals surface area contributed by atoms with E-state index < -0.39 is 0 Å². The summed E-state index contributed by atoms with van der Waals surface area (Å²) in [6.07, 6.45) is 1.54. The first-order valence-corrected chi connectivity index (χ1v) is 8.83. The second kappa shape index (κ2) is 7.96. The summed E-state index contributed by atoms with van der Waals surface area (Å²) in [6.45, 7) is 1.15. The van der Waals surface area contributed by atoms with Crippen molar-refractivity contribution in [3.8, 4) is 11.5 Å². The van der Waals surface area contributed by atoms with Crippen molar-refractivity contribution in [2.45, 2.75) is 6.54 Å². The number of hydrogen-bond acceptors (Lipinski definition) is 5. The normalized spacial score (nSPS) is 12.3. The van der Waals surface area contributed by atoms with Crippen LogP contribution in [0.5, 0.6) is 11.5 Å². The number of nitrogens with one attached hydrogen (secondary N) is 2. The number of amides is 1. The zero-order chi connectivity index (χ0) is 19.3. The molecule has 0 radical (unpaired) electrons. The maximum Gasteiger partial charge on any atom is 0.251 e. The minimum Gasteiger partial charge on any atom is -0.486 e. The maximum atomic E-state index is 13.7. The van der Waals surface area contributed by atoms with Gasteiger partial charge in [-0.25, -0.2) is 9.37 Å². The smallest absolute Gasteiger partial charge is 0.251 e. The van der Waals surface area contributed by atoms with Crippen LogP contribution >= 0.6 is 0 Å². The van der Waals surface area contributed by atoms with Gasteiger partial charge in [0.05, 0.1) is 0 Å². The van der Waals surface area contributed by atoms with E-state index in [1.165, 1.54) is 6.07 Å². The second-order valence-electron chi connectivity index (χ2n) is 6.19. The molecule has 0 saturated heterocycles.